The first-order valence-electron chi connectivity index (χ1n) is 12.4. The Morgan fingerprint density at radius 3 is 1.14 bits per heavy atom. The monoisotopic (exact) mass is 680 g/mol. The zero-order valence-corrected chi connectivity index (χ0v) is 25.1. The van der Waals surface area contributed by atoms with Crippen molar-refractivity contribution in [3.05, 3.63) is 144 Å². The molecular formula is C34H22Cl2Hf. The fraction of sp³-hybridized carbons (Fsp3) is 0.0588. The van der Waals surface area contributed by atoms with Crippen LogP contribution in [0.5, 0.6) is 0 Å². The van der Waals surface area contributed by atoms with Gasteiger partial charge in [0.1, 0.15) is 0 Å². The summed E-state index contributed by atoms with van der Waals surface area (Å²) in [7, 11) is 0. The van der Waals surface area contributed by atoms with Crippen LogP contribution in [0.3, 0.4) is 0 Å². The van der Waals surface area contributed by atoms with Gasteiger partial charge in [-0.05, 0) is 0 Å². The van der Waals surface area contributed by atoms with Crippen molar-refractivity contribution in [2.45, 2.75) is 7.35 Å². The normalized spacial score (nSPS) is 16.1. The summed E-state index contributed by atoms with van der Waals surface area (Å²) in [4.78, 5) is 0. The summed E-state index contributed by atoms with van der Waals surface area (Å²) in [5, 5.41) is 5.42. The molecule has 0 saturated carbocycles. The Morgan fingerprint density at radius 1 is 0.351 bits per heavy atom. The summed E-state index contributed by atoms with van der Waals surface area (Å²) in [6, 6.07) is 46.0. The van der Waals surface area contributed by atoms with Gasteiger partial charge in [0.15, 0.2) is 0 Å². The molecule has 8 rings (SSSR count). The topological polar surface area (TPSA) is 0 Å². The minimum atomic E-state index is -1.28. The van der Waals surface area contributed by atoms with Crippen LogP contribution in [0.2, 0.25) is 0 Å². The summed E-state index contributed by atoms with van der Waals surface area (Å²) in [6.45, 7) is 0. The van der Waals surface area contributed by atoms with Crippen LogP contribution in [0.4, 0.5) is 0 Å². The van der Waals surface area contributed by atoms with Crippen molar-refractivity contribution in [3.63, 3.8) is 0 Å². The average molecular weight is 680 g/mol. The molecule has 0 spiro atoms. The van der Waals surface area contributed by atoms with E-state index in [0.717, 1.165) is 0 Å². The van der Waals surface area contributed by atoms with E-state index in [9.17, 15) is 0 Å². The summed E-state index contributed by atoms with van der Waals surface area (Å²) >= 11 is -1.28. The van der Waals surface area contributed by atoms with E-state index in [1.165, 1.54) is 43.8 Å². The third-order valence-electron chi connectivity index (χ3n) is 7.91. The number of rotatable bonds is 2. The molecule has 2 aliphatic rings. The van der Waals surface area contributed by atoms with Crippen LogP contribution in [0, 0.1) is 0 Å². The predicted molar refractivity (Wildman–Crippen MR) is 142 cm³/mol. The molecule has 0 nitrogen and oxygen atoms in total. The fourth-order valence-electron chi connectivity index (χ4n) is 6.31. The van der Waals surface area contributed by atoms with Gasteiger partial charge in [-0.3, -0.25) is 0 Å². The van der Waals surface area contributed by atoms with E-state index in [0.29, 0.717) is 7.35 Å². The second kappa shape index (κ2) is 9.55. The third kappa shape index (κ3) is 3.75. The van der Waals surface area contributed by atoms with Gasteiger partial charge in [-0.2, -0.15) is 0 Å². The van der Waals surface area contributed by atoms with E-state index in [2.05, 4.69) is 121 Å². The van der Waals surface area contributed by atoms with Crippen LogP contribution in [-0.2, 0) is 22.9 Å². The molecule has 0 radical (unpaired) electrons. The summed E-state index contributed by atoms with van der Waals surface area (Å²) in [5.74, 6) is 0. The van der Waals surface area contributed by atoms with Gasteiger partial charge in [-0.25, -0.2) is 0 Å². The molecule has 2 aliphatic carbocycles. The quantitative estimate of drug-likeness (QED) is 0.247. The molecule has 0 N–H and O–H groups in total. The minimum absolute atomic E-state index is 0. The molecule has 0 aliphatic heterocycles. The molecule has 0 heterocycles. The maximum atomic E-state index is 2.50. The Morgan fingerprint density at radius 2 is 0.703 bits per heavy atom. The number of hydrogen-bond acceptors (Lipinski definition) is 0. The van der Waals surface area contributed by atoms with Crippen LogP contribution in [0.15, 0.2) is 121 Å². The van der Waals surface area contributed by atoms with Crippen molar-refractivity contribution in [2.75, 3.05) is 0 Å². The van der Waals surface area contributed by atoms with E-state index in [4.69, 9.17) is 0 Å². The van der Waals surface area contributed by atoms with Crippen molar-refractivity contribution in [3.8, 4) is 22.3 Å². The Kier molecular flexibility index (Phi) is 6.35. The number of benzene rings is 6. The Hall–Kier alpha value is -2.71. The second-order valence-corrected chi connectivity index (χ2v) is 15.1. The Balaban J connectivity index is 0.00000126. The van der Waals surface area contributed by atoms with E-state index in [-0.39, 0.29) is 24.8 Å². The number of halogens is 2. The standard InChI is InChI=1S/2C17H11.2ClH.Hf/c2*1-2-6-13-11-17-15(9-12(13)5-1)10-14-7-3-4-8-16(14)17;;;/h2*1-11H;2*1H;/q;;;;+2/p-2. The molecular weight excluding hydrogens is 658 g/mol. The molecule has 176 valence electrons. The van der Waals surface area contributed by atoms with Gasteiger partial charge < -0.3 is 24.8 Å². The molecule has 0 amide bonds. The molecule has 0 saturated heterocycles. The molecule has 0 fully saturated rings. The second-order valence-electron chi connectivity index (χ2n) is 9.78. The van der Waals surface area contributed by atoms with Gasteiger partial charge >= 0.3 is 218 Å². The number of fused-ring (bicyclic) bond motifs is 8. The van der Waals surface area contributed by atoms with Crippen LogP contribution in [-0.4, -0.2) is 0 Å². The molecule has 2 unspecified atom stereocenters. The zero-order valence-electron chi connectivity index (χ0n) is 20.0. The van der Waals surface area contributed by atoms with E-state index in [1.807, 2.05) is 0 Å². The van der Waals surface area contributed by atoms with Crippen LogP contribution < -0.4 is 24.8 Å². The van der Waals surface area contributed by atoms with Gasteiger partial charge in [-0.1, -0.05) is 0 Å². The first kappa shape index (κ1) is 24.6. The van der Waals surface area contributed by atoms with Gasteiger partial charge in [0.05, 0.1) is 0 Å². The predicted octanol–water partition coefficient (Wildman–Crippen LogP) is 2.92. The summed E-state index contributed by atoms with van der Waals surface area (Å²) in [6.07, 6.45) is 0. The van der Waals surface area contributed by atoms with E-state index >= 15 is 0 Å². The first-order chi connectivity index (χ1) is 17.3. The average Bonchev–Trinajstić information content (AvgIpc) is 3.38. The van der Waals surface area contributed by atoms with Gasteiger partial charge in [0.2, 0.25) is 0 Å². The van der Waals surface area contributed by atoms with Crippen molar-refractivity contribution in [2.24, 2.45) is 0 Å². The molecule has 37 heavy (non-hydrogen) atoms. The van der Waals surface area contributed by atoms with Crippen molar-refractivity contribution in [1.82, 2.24) is 0 Å². The maximum absolute atomic E-state index is 2.50. The van der Waals surface area contributed by atoms with Crippen LogP contribution in [0.1, 0.15) is 29.6 Å². The van der Waals surface area contributed by atoms with Crippen molar-refractivity contribution < 1.29 is 47.7 Å². The number of hydrogen-bond donors (Lipinski definition) is 0. The van der Waals surface area contributed by atoms with E-state index < -0.39 is 22.9 Å². The molecule has 3 heteroatoms. The fourth-order valence-corrected chi connectivity index (χ4v) is 13.6. The van der Waals surface area contributed by atoms with Gasteiger partial charge in [0.25, 0.3) is 0 Å². The SMILES string of the molecule is [Cl-].[Cl-].c1ccc2c(c1)-c1cc3ccccc3cc1[CH]2[Hf+2][CH]1c2ccccc2-c2cc3ccccc3cc21. The first-order valence-corrected chi connectivity index (χ1v) is 16.5. The third-order valence-corrected chi connectivity index (χ3v) is 14.8. The van der Waals surface area contributed by atoms with Crippen molar-refractivity contribution >= 4 is 21.5 Å². The van der Waals surface area contributed by atoms with Crippen LogP contribution >= 0.6 is 0 Å². The van der Waals surface area contributed by atoms with Crippen molar-refractivity contribution in [1.29, 1.82) is 0 Å². The van der Waals surface area contributed by atoms with Gasteiger partial charge in [-0.15, -0.1) is 0 Å². The van der Waals surface area contributed by atoms with E-state index in [1.54, 1.807) is 22.3 Å². The zero-order chi connectivity index (χ0) is 22.9. The molecule has 0 aromatic heterocycles. The summed E-state index contributed by atoms with van der Waals surface area (Å²) in [5.41, 5.74) is 12.1. The molecule has 2 atom stereocenters. The van der Waals surface area contributed by atoms with Gasteiger partial charge in [0, 0.05) is 0 Å². The Labute approximate surface area is 240 Å². The molecule has 0 bridgehead atoms. The summed E-state index contributed by atoms with van der Waals surface area (Å²) < 4.78 is 1.17. The molecule has 6 aromatic carbocycles. The molecule has 6 aromatic rings. The van der Waals surface area contributed by atoms with Crippen LogP contribution in [0.25, 0.3) is 43.8 Å². The Bertz CT molecular complexity index is 1670.